The van der Waals surface area contributed by atoms with Crippen molar-refractivity contribution in [1.82, 2.24) is 9.78 Å². The molecule has 1 aromatic heterocycles. The van der Waals surface area contributed by atoms with Gasteiger partial charge in [-0.15, -0.1) is 0 Å². The van der Waals surface area contributed by atoms with Crippen LogP contribution in [0.4, 0.5) is 0 Å². The largest absolute Gasteiger partial charge is 0.494 e. The van der Waals surface area contributed by atoms with Gasteiger partial charge in [0.2, 0.25) is 5.43 Å². The molecule has 4 nitrogen and oxygen atoms in total. The lowest BCUT2D eigenvalue weighted by Crippen LogP contribution is -2.09. The molecule has 0 saturated carbocycles. The van der Waals surface area contributed by atoms with Crippen LogP contribution in [-0.4, -0.2) is 16.9 Å². The first-order chi connectivity index (χ1) is 6.74. The standard InChI is InChI=1S/C10H10N2O2/c1-12-10-7(8(13)6-11-12)4-3-5-9(10)14-2/h3-6H,1-2H3. The summed E-state index contributed by atoms with van der Waals surface area (Å²) in [5.41, 5.74) is 0.638. The van der Waals surface area contributed by atoms with Crippen LogP contribution in [0.1, 0.15) is 0 Å². The van der Waals surface area contributed by atoms with Crippen molar-refractivity contribution in [3.63, 3.8) is 0 Å². The predicted molar refractivity (Wildman–Crippen MR) is 53.5 cm³/mol. The fourth-order valence-corrected chi connectivity index (χ4v) is 1.49. The Morgan fingerprint density at radius 2 is 2.21 bits per heavy atom. The van der Waals surface area contributed by atoms with Gasteiger partial charge in [-0.3, -0.25) is 9.48 Å². The van der Waals surface area contributed by atoms with E-state index < -0.39 is 0 Å². The summed E-state index contributed by atoms with van der Waals surface area (Å²) in [5, 5.41) is 4.57. The molecule has 2 rings (SSSR count). The van der Waals surface area contributed by atoms with Gasteiger partial charge in [0.1, 0.15) is 11.3 Å². The van der Waals surface area contributed by atoms with Crippen LogP contribution >= 0.6 is 0 Å². The Morgan fingerprint density at radius 1 is 1.43 bits per heavy atom. The Morgan fingerprint density at radius 3 is 2.93 bits per heavy atom. The van der Waals surface area contributed by atoms with Gasteiger partial charge in [-0.1, -0.05) is 6.07 Å². The number of fused-ring (bicyclic) bond motifs is 1. The maximum Gasteiger partial charge on any atom is 0.208 e. The van der Waals surface area contributed by atoms with Crippen molar-refractivity contribution in [2.75, 3.05) is 7.11 Å². The highest BCUT2D eigenvalue weighted by Crippen LogP contribution is 2.20. The summed E-state index contributed by atoms with van der Waals surface area (Å²) in [6.45, 7) is 0. The minimum absolute atomic E-state index is 0.0861. The average molecular weight is 190 g/mol. The first-order valence-electron chi connectivity index (χ1n) is 4.23. The summed E-state index contributed by atoms with van der Waals surface area (Å²) >= 11 is 0. The number of para-hydroxylation sites is 1. The third-order valence-electron chi connectivity index (χ3n) is 2.16. The highest BCUT2D eigenvalue weighted by atomic mass is 16.5. The Balaban J connectivity index is 2.99. The predicted octanol–water partition coefficient (Wildman–Crippen LogP) is 0.942. The lowest BCUT2D eigenvalue weighted by molar-refractivity contribution is 0.416. The average Bonchev–Trinajstić information content (AvgIpc) is 2.23. The SMILES string of the molecule is COc1cccc2c(=O)cnn(C)c12. The van der Waals surface area contributed by atoms with Gasteiger partial charge in [0.15, 0.2) is 0 Å². The van der Waals surface area contributed by atoms with Gasteiger partial charge in [-0.05, 0) is 12.1 Å². The van der Waals surface area contributed by atoms with E-state index in [0.29, 0.717) is 11.1 Å². The molecule has 2 aromatic rings. The van der Waals surface area contributed by atoms with Crippen LogP contribution in [0.3, 0.4) is 0 Å². The molecule has 0 saturated heterocycles. The number of aryl methyl sites for hydroxylation is 1. The number of ether oxygens (including phenoxy) is 1. The minimum Gasteiger partial charge on any atom is -0.494 e. The van der Waals surface area contributed by atoms with E-state index in [1.165, 1.54) is 6.20 Å². The summed E-state index contributed by atoms with van der Waals surface area (Å²) in [6, 6.07) is 5.37. The van der Waals surface area contributed by atoms with Crippen LogP contribution < -0.4 is 10.2 Å². The molecule has 4 heteroatoms. The molecule has 0 amide bonds. The number of aromatic nitrogens is 2. The van der Waals surface area contributed by atoms with Crippen molar-refractivity contribution in [3.8, 4) is 5.75 Å². The normalized spacial score (nSPS) is 10.4. The molecule has 14 heavy (non-hydrogen) atoms. The molecule has 0 atom stereocenters. The highest BCUT2D eigenvalue weighted by Gasteiger charge is 2.06. The molecule has 72 valence electrons. The van der Waals surface area contributed by atoms with Crippen LogP contribution in [0.25, 0.3) is 10.9 Å². The van der Waals surface area contributed by atoms with E-state index in [1.54, 1.807) is 31.0 Å². The highest BCUT2D eigenvalue weighted by molar-refractivity contribution is 5.84. The van der Waals surface area contributed by atoms with Gasteiger partial charge in [-0.25, -0.2) is 0 Å². The lowest BCUT2D eigenvalue weighted by Gasteiger charge is -2.07. The molecule has 1 aromatic carbocycles. The third-order valence-corrected chi connectivity index (χ3v) is 2.16. The van der Waals surface area contributed by atoms with Crippen LogP contribution in [0.2, 0.25) is 0 Å². The smallest absolute Gasteiger partial charge is 0.208 e. The molecule has 0 bridgehead atoms. The van der Waals surface area contributed by atoms with Gasteiger partial charge in [0, 0.05) is 7.05 Å². The minimum atomic E-state index is -0.0861. The van der Waals surface area contributed by atoms with Crippen molar-refractivity contribution in [2.24, 2.45) is 7.05 Å². The fourth-order valence-electron chi connectivity index (χ4n) is 1.49. The van der Waals surface area contributed by atoms with Crippen molar-refractivity contribution in [3.05, 3.63) is 34.6 Å². The number of methoxy groups -OCH3 is 1. The van der Waals surface area contributed by atoms with Crippen molar-refractivity contribution >= 4 is 10.9 Å². The van der Waals surface area contributed by atoms with E-state index in [0.717, 1.165) is 5.52 Å². The van der Waals surface area contributed by atoms with Crippen LogP contribution in [0.15, 0.2) is 29.2 Å². The second kappa shape index (κ2) is 3.14. The molecule has 0 aliphatic rings. The molecule has 0 unspecified atom stereocenters. The van der Waals surface area contributed by atoms with Crippen molar-refractivity contribution < 1.29 is 4.74 Å². The first-order valence-corrected chi connectivity index (χ1v) is 4.23. The van der Waals surface area contributed by atoms with Gasteiger partial charge in [-0.2, -0.15) is 5.10 Å². The molecule has 0 aliphatic heterocycles. The maximum atomic E-state index is 11.5. The molecule has 1 heterocycles. The monoisotopic (exact) mass is 190 g/mol. The van der Waals surface area contributed by atoms with Gasteiger partial charge in [0.05, 0.1) is 18.7 Å². The lowest BCUT2D eigenvalue weighted by atomic mass is 10.2. The van der Waals surface area contributed by atoms with Crippen LogP contribution in [-0.2, 0) is 7.05 Å². The molecule has 0 N–H and O–H groups in total. The molecule has 0 aliphatic carbocycles. The van der Waals surface area contributed by atoms with Gasteiger partial charge in [0.25, 0.3) is 0 Å². The molecule has 0 fully saturated rings. The van der Waals surface area contributed by atoms with E-state index in [4.69, 9.17) is 4.74 Å². The molecular formula is C10H10N2O2. The second-order valence-electron chi connectivity index (χ2n) is 2.99. The molecular weight excluding hydrogens is 180 g/mol. The first kappa shape index (κ1) is 8.74. The summed E-state index contributed by atoms with van der Waals surface area (Å²) < 4.78 is 6.80. The molecule has 0 spiro atoms. The Hall–Kier alpha value is -1.84. The maximum absolute atomic E-state index is 11.5. The molecule has 0 radical (unpaired) electrons. The summed E-state index contributed by atoms with van der Waals surface area (Å²) in [7, 11) is 3.36. The van der Waals surface area contributed by atoms with Gasteiger partial charge >= 0.3 is 0 Å². The number of benzene rings is 1. The topological polar surface area (TPSA) is 44.1 Å². The Kier molecular flexibility index (Phi) is 1.96. The zero-order valence-electron chi connectivity index (χ0n) is 8.02. The van der Waals surface area contributed by atoms with E-state index in [2.05, 4.69) is 5.10 Å². The Labute approximate surface area is 80.7 Å². The van der Waals surface area contributed by atoms with Gasteiger partial charge < -0.3 is 4.74 Å². The Bertz CT molecular complexity index is 531. The van der Waals surface area contributed by atoms with Crippen molar-refractivity contribution in [1.29, 1.82) is 0 Å². The second-order valence-corrected chi connectivity index (χ2v) is 2.99. The summed E-state index contributed by atoms with van der Waals surface area (Å²) in [6.07, 6.45) is 1.31. The van der Waals surface area contributed by atoms with Crippen molar-refractivity contribution in [2.45, 2.75) is 0 Å². The van der Waals surface area contributed by atoms with E-state index in [-0.39, 0.29) is 5.43 Å². The van der Waals surface area contributed by atoms with E-state index >= 15 is 0 Å². The fraction of sp³-hybridized carbons (Fsp3) is 0.200. The number of hydrogen-bond acceptors (Lipinski definition) is 3. The quantitative estimate of drug-likeness (QED) is 0.672. The van der Waals surface area contributed by atoms with Crippen LogP contribution in [0, 0.1) is 0 Å². The zero-order chi connectivity index (χ0) is 10.1. The van der Waals surface area contributed by atoms with E-state index in [9.17, 15) is 4.79 Å². The summed E-state index contributed by atoms with van der Waals surface area (Å²) in [5.74, 6) is 0.662. The number of rotatable bonds is 1. The van der Waals surface area contributed by atoms with E-state index in [1.807, 2.05) is 6.07 Å². The third kappa shape index (κ3) is 1.16. The summed E-state index contributed by atoms with van der Waals surface area (Å²) in [4.78, 5) is 11.5. The zero-order valence-corrected chi connectivity index (χ0v) is 8.02. The number of nitrogens with zero attached hydrogens (tertiary/aromatic N) is 2. The number of hydrogen-bond donors (Lipinski definition) is 0. The van der Waals surface area contributed by atoms with Crippen LogP contribution in [0.5, 0.6) is 5.75 Å².